The van der Waals surface area contributed by atoms with Gasteiger partial charge in [-0.1, -0.05) is 113 Å². The van der Waals surface area contributed by atoms with Gasteiger partial charge in [0.25, 0.3) is 0 Å². The van der Waals surface area contributed by atoms with E-state index in [9.17, 15) is 9.59 Å². The highest BCUT2D eigenvalue weighted by atomic mass is 16.2. The molecule has 2 aliphatic carbocycles. The van der Waals surface area contributed by atoms with Gasteiger partial charge in [-0.2, -0.15) is 0 Å². The number of carbonyl (C=O) groups is 4. The van der Waals surface area contributed by atoms with Gasteiger partial charge < -0.3 is 10.6 Å². The predicted octanol–water partition coefficient (Wildman–Crippen LogP) is 8.67. The van der Waals surface area contributed by atoms with E-state index in [0.29, 0.717) is 59.6 Å². The molecule has 0 spiro atoms. The average Bonchev–Trinajstić information content (AvgIpc) is 3.35. The Kier molecular flexibility index (Phi) is 8.01. The van der Waals surface area contributed by atoms with Gasteiger partial charge in [-0.15, -0.1) is 0 Å². The Balaban J connectivity index is 1.36. The molecule has 0 fully saturated rings. The zero-order chi connectivity index (χ0) is 36.4. The number of benzene rings is 4. The number of hydrogen-bond acceptors (Lipinski definition) is 6. The van der Waals surface area contributed by atoms with Crippen LogP contribution in [0.3, 0.4) is 0 Å². The molecule has 2 unspecified atom stereocenters. The Morgan fingerprint density at radius 1 is 0.519 bits per heavy atom. The SMILES string of the molecule is CC1(C)CC(=O)C2=C(C1)Nc1ccccc1N(C(=O)C(=O)N1c3ccccc3NC3=C(C(=O)CC(C)(C)C3)C1c1ccccc1)C2c1ccccc1. The summed E-state index contributed by atoms with van der Waals surface area (Å²) in [5, 5.41) is 7.08. The van der Waals surface area contributed by atoms with Crippen LogP contribution in [0.1, 0.15) is 76.6 Å². The lowest BCUT2D eigenvalue weighted by atomic mass is 9.73. The van der Waals surface area contributed by atoms with Gasteiger partial charge in [0.1, 0.15) is 0 Å². The van der Waals surface area contributed by atoms with Gasteiger partial charge in [-0.3, -0.25) is 29.0 Å². The van der Waals surface area contributed by atoms with Crippen LogP contribution >= 0.6 is 0 Å². The molecule has 2 aliphatic heterocycles. The van der Waals surface area contributed by atoms with E-state index in [0.717, 1.165) is 22.5 Å². The number of Topliss-reactive ketones (excluding diaryl/α,β-unsaturated/α-hetero) is 2. The second-order valence-corrected chi connectivity index (χ2v) is 15.9. The number of allylic oxidation sites excluding steroid dienone is 2. The van der Waals surface area contributed by atoms with Gasteiger partial charge in [0, 0.05) is 35.4 Å². The van der Waals surface area contributed by atoms with E-state index in [1.807, 2.05) is 109 Å². The number of nitrogens with zero attached hydrogens (tertiary/aromatic N) is 2. The van der Waals surface area contributed by atoms with Crippen LogP contribution in [0.25, 0.3) is 0 Å². The summed E-state index contributed by atoms with van der Waals surface area (Å²) in [5.41, 5.74) is 5.54. The lowest BCUT2D eigenvalue weighted by molar-refractivity contribution is -0.136. The predicted molar refractivity (Wildman–Crippen MR) is 204 cm³/mol. The summed E-state index contributed by atoms with van der Waals surface area (Å²) in [6, 6.07) is 32.0. The van der Waals surface area contributed by atoms with E-state index >= 15 is 9.59 Å². The maximum Gasteiger partial charge on any atom is 0.317 e. The van der Waals surface area contributed by atoms with Crippen LogP contribution in [0.2, 0.25) is 0 Å². The molecule has 2 atom stereocenters. The van der Waals surface area contributed by atoms with Crippen molar-refractivity contribution >= 4 is 46.1 Å². The maximum atomic E-state index is 15.5. The number of carbonyl (C=O) groups excluding carboxylic acids is 4. The topological polar surface area (TPSA) is 98.8 Å². The first-order valence-electron chi connectivity index (χ1n) is 17.9. The molecule has 0 saturated carbocycles. The molecule has 2 heterocycles. The summed E-state index contributed by atoms with van der Waals surface area (Å²) < 4.78 is 0. The van der Waals surface area contributed by atoms with Gasteiger partial charge in [-0.05, 0) is 59.1 Å². The van der Waals surface area contributed by atoms with Crippen LogP contribution in [0.15, 0.2) is 132 Å². The first kappa shape index (κ1) is 33.4. The molecule has 0 aromatic heterocycles. The molecular weight excluding hydrogens is 649 g/mol. The number of fused-ring (bicyclic) bond motifs is 2. The van der Waals surface area contributed by atoms with Crippen molar-refractivity contribution in [3.8, 4) is 0 Å². The normalized spacial score (nSPS) is 21.8. The molecule has 0 bridgehead atoms. The number of nitrogens with one attached hydrogen (secondary N) is 2. The van der Waals surface area contributed by atoms with Gasteiger partial charge in [0.05, 0.1) is 34.8 Å². The standard InChI is InChI=1S/C44H42N4O4/c1-43(2)23-31-37(35(49)25-43)39(27-15-7-5-8-16-27)47(33-21-13-11-19-29(33)45-31)41(51)42(52)48-34-22-14-12-20-30(34)46-32-24-44(3,4)26-36(50)38(32)40(48)28-17-9-6-10-18-28/h5-22,39-40,45-46H,23-26H2,1-4H3. The number of para-hydroxylation sites is 4. The zero-order valence-corrected chi connectivity index (χ0v) is 29.9. The Labute approximate surface area is 304 Å². The molecular formula is C44H42N4O4. The highest BCUT2D eigenvalue weighted by Crippen LogP contribution is 2.51. The molecule has 4 aromatic rings. The van der Waals surface area contributed by atoms with Crippen molar-refractivity contribution < 1.29 is 19.2 Å². The fourth-order valence-electron chi connectivity index (χ4n) is 8.53. The zero-order valence-electron chi connectivity index (χ0n) is 29.9. The fourth-order valence-corrected chi connectivity index (χ4v) is 8.53. The molecule has 52 heavy (non-hydrogen) atoms. The van der Waals surface area contributed by atoms with Crippen molar-refractivity contribution in [3.63, 3.8) is 0 Å². The van der Waals surface area contributed by atoms with E-state index in [1.54, 1.807) is 0 Å². The highest BCUT2D eigenvalue weighted by molar-refractivity contribution is 6.46. The Hall–Kier alpha value is -5.76. The van der Waals surface area contributed by atoms with Crippen molar-refractivity contribution in [1.29, 1.82) is 0 Å². The van der Waals surface area contributed by atoms with E-state index in [2.05, 4.69) is 38.3 Å². The first-order valence-corrected chi connectivity index (χ1v) is 17.9. The third-order valence-electron chi connectivity index (χ3n) is 10.7. The molecule has 2 amide bonds. The average molecular weight is 691 g/mol. The van der Waals surface area contributed by atoms with Crippen molar-refractivity contribution in [2.75, 3.05) is 20.4 Å². The number of anilines is 4. The minimum atomic E-state index is -0.880. The number of ketones is 2. The Morgan fingerprint density at radius 3 is 1.25 bits per heavy atom. The first-order chi connectivity index (χ1) is 24.9. The number of rotatable bonds is 2. The van der Waals surface area contributed by atoms with Crippen molar-refractivity contribution in [3.05, 3.63) is 143 Å². The summed E-state index contributed by atoms with van der Waals surface area (Å²) in [6.07, 6.45) is 1.80. The van der Waals surface area contributed by atoms with Crippen molar-refractivity contribution in [1.82, 2.24) is 0 Å². The smallest absolute Gasteiger partial charge is 0.317 e. The van der Waals surface area contributed by atoms with Crippen LogP contribution in [-0.4, -0.2) is 23.4 Å². The van der Waals surface area contributed by atoms with Crippen LogP contribution in [0.5, 0.6) is 0 Å². The Bertz CT molecular complexity index is 2040. The van der Waals surface area contributed by atoms with Crippen LogP contribution in [-0.2, 0) is 19.2 Å². The van der Waals surface area contributed by atoms with E-state index in [-0.39, 0.29) is 22.4 Å². The maximum absolute atomic E-state index is 15.5. The molecule has 8 rings (SSSR count). The van der Waals surface area contributed by atoms with E-state index in [1.165, 1.54) is 9.80 Å². The summed E-state index contributed by atoms with van der Waals surface area (Å²) in [6.45, 7) is 8.29. The quantitative estimate of drug-likeness (QED) is 0.204. The van der Waals surface area contributed by atoms with Gasteiger partial charge in [-0.25, -0.2) is 0 Å². The molecule has 2 N–H and O–H groups in total. The molecule has 0 saturated heterocycles. The van der Waals surface area contributed by atoms with Gasteiger partial charge in [0.2, 0.25) is 0 Å². The highest BCUT2D eigenvalue weighted by Gasteiger charge is 2.49. The van der Waals surface area contributed by atoms with Crippen molar-refractivity contribution in [2.45, 2.75) is 65.5 Å². The third kappa shape index (κ3) is 5.72. The minimum absolute atomic E-state index is 0.0673. The van der Waals surface area contributed by atoms with Gasteiger partial charge in [0.15, 0.2) is 11.6 Å². The summed E-state index contributed by atoms with van der Waals surface area (Å²) in [5.74, 6) is -1.75. The lowest BCUT2D eigenvalue weighted by Crippen LogP contribution is -2.50. The summed E-state index contributed by atoms with van der Waals surface area (Å²) in [4.78, 5) is 62.6. The van der Waals surface area contributed by atoms with Crippen LogP contribution in [0, 0.1) is 10.8 Å². The molecule has 8 heteroatoms. The van der Waals surface area contributed by atoms with Crippen LogP contribution < -0.4 is 20.4 Å². The second kappa shape index (κ2) is 12.5. The summed E-state index contributed by atoms with van der Waals surface area (Å²) >= 11 is 0. The lowest BCUT2D eigenvalue weighted by Gasteiger charge is -2.39. The second-order valence-electron chi connectivity index (χ2n) is 15.9. The molecule has 4 aliphatic rings. The number of amides is 2. The fraction of sp³-hybridized carbons (Fsp3) is 0.273. The van der Waals surface area contributed by atoms with E-state index < -0.39 is 23.9 Å². The molecule has 4 aromatic carbocycles. The largest absolute Gasteiger partial charge is 0.357 e. The minimum Gasteiger partial charge on any atom is -0.357 e. The Morgan fingerprint density at radius 2 is 0.865 bits per heavy atom. The summed E-state index contributed by atoms with van der Waals surface area (Å²) in [7, 11) is 0. The monoisotopic (exact) mass is 690 g/mol. The molecule has 8 nitrogen and oxygen atoms in total. The van der Waals surface area contributed by atoms with E-state index in [4.69, 9.17) is 0 Å². The van der Waals surface area contributed by atoms with Gasteiger partial charge >= 0.3 is 11.8 Å². The molecule has 262 valence electrons. The molecule has 0 radical (unpaired) electrons. The van der Waals surface area contributed by atoms with Crippen LogP contribution in [0.4, 0.5) is 22.7 Å². The third-order valence-corrected chi connectivity index (χ3v) is 10.7. The number of hydrogen-bond donors (Lipinski definition) is 2. The van der Waals surface area contributed by atoms with Crippen molar-refractivity contribution in [2.24, 2.45) is 10.8 Å².